The molecule has 1 atom stereocenters. The van der Waals surface area contributed by atoms with Crippen LogP contribution in [0, 0.1) is 6.92 Å². The summed E-state index contributed by atoms with van der Waals surface area (Å²) in [4.78, 5) is 30.3. The standard InChI is InChI=1S/C24H32N4O2/c1-16-9-10-17(13-22(16)28-12-11-18(14-28)26(2)3)25-23(29)21-15-27(4)24(30)20-8-6-5-7-19(20)21/h9-10,13,15,18H,5-8,11-12,14H2,1-4H3,(H,25,29). The van der Waals surface area contributed by atoms with E-state index in [1.54, 1.807) is 17.8 Å². The first-order chi connectivity index (χ1) is 14.3. The maximum Gasteiger partial charge on any atom is 0.257 e. The third kappa shape index (κ3) is 3.88. The molecule has 30 heavy (non-hydrogen) atoms. The molecule has 160 valence electrons. The van der Waals surface area contributed by atoms with Crippen LogP contribution in [0.15, 0.2) is 29.2 Å². The molecular weight excluding hydrogens is 376 g/mol. The van der Waals surface area contributed by atoms with Crippen LogP contribution in [0.1, 0.15) is 46.3 Å². The number of aryl methyl sites for hydroxylation is 2. The Balaban J connectivity index is 1.59. The van der Waals surface area contributed by atoms with E-state index in [-0.39, 0.29) is 11.5 Å². The van der Waals surface area contributed by atoms with Gasteiger partial charge in [-0.1, -0.05) is 6.07 Å². The summed E-state index contributed by atoms with van der Waals surface area (Å²) in [5.74, 6) is -0.133. The lowest BCUT2D eigenvalue weighted by atomic mass is 9.89. The quantitative estimate of drug-likeness (QED) is 0.845. The molecular formula is C24H32N4O2. The molecule has 0 radical (unpaired) electrons. The Bertz CT molecular complexity index is 1020. The number of carbonyl (C=O) groups is 1. The number of aromatic nitrogens is 1. The first-order valence-electron chi connectivity index (χ1n) is 10.9. The fourth-order valence-corrected chi connectivity index (χ4v) is 4.79. The number of nitrogens with one attached hydrogen (secondary N) is 1. The van der Waals surface area contributed by atoms with Crippen LogP contribution in [-0.4, -0.2) is 48.6 Å². The van der Waals surface area contributed by atoms with Crippen LogP contribution < -0.4 is 15.8 Å². The smallest absolute Gasteiger partial charge is 0.257 e. The first-order valence-corrected chi connectivity index (χ1v) is 10.9. The van der Waals surface area contributed by atoms with Gasteiger partial charge >= 0.3 is 0 Å². The average molecular weight is 409 g/mol. The first kappa shape index (κ1) is 20.7. The minimum atomic E-state index is -0.133. The molecule has 2 aliphatic rings. The number of fused-ring (bicyclic) bond motifs is 1. The maximum atomic E-state index is 13.2. The molecule has 1 fully saturated rings. The minimum Gasteiger partial charge on any atom is -0.370 e. The lowest BCUT2D eigenvalue weighted by Gasteiger charge is -2.24. The molecule has 0 bridgehead atoms. The summed E-state index contributed by atoms with van der Waals surface area (Å²) < 4.78 is 1.55. The van der Waals surface area contributed by atoms with Crippen LogP contribution in [0.25, 0.3) is 0 Å². The van der Waals surface area contributed by atoms with Crippen LogP contribution >= 0.6 is 0 Å². The molecule has 1 aromatic carbocycles. The molecule has 1 saturated heterocycles. The zero-order valence-corrected chi connectivity index (χ0v) is 18.5. The van der Waals surface area contributed by atoms with Gasteiger partial charge in [-0.3, -0.25) is 9.59 Å². The molecule has 2 heterocycles. The van der Waals surface area contributed by atoms with Crippen molar-refractivity contribution in [2.24, 2.45) is 7.05 Å². The van der Waals surface area contributed by atoms with Gasteiger partial charge in [-0.05, 0) is 76.4 Å². The summed E-state index contributed by atoms with van der Waals surface area (Å²) in [6.45, 7) is 4.14. The Morgan fingerprint density at radius 1 is 1.17 bits per heavy atom. The van der Waals surface area contributed by atoms with Crippen LogP contribution in [0.5, 0.6) is 0 Å². The second-order valence-corrected chi connectivity index (χ2v) is 8.93. The third-order valence-corrected chi connectivity index (χ3v) is 6.64. The number of likely N-dealkylation sites (N-methyl/N-ethyl adjacent to an activating group) is 1. The Morgan fingerprint density at radius 3 is 2.60 bits per heavy atom. The van der Waals surface area contributed by atoms with Crippen LogP contribution in [-0.2, 0) is 19.9 Å². The van der Waals surface area contributed by atoms with E-state index >= 15 is 0 Å². The maximum absolute atomic E-state index is 13.2. The summed E-state index contributed by atoms with van der Waals surface area (Å²) in [6.07, 6.45) is 6.44. The highest BCUT2D eigenvalue weighted by molar-refractivity contribution is 6.05. The Labute approximate surface area is 178 Å². The van der Waals surface area contributed by atoms with Crippen molar-refractivity contribution < 1.29 is 4.79 Å². The molecule has 4 rings (SSSR count). The van der Waals surface area contributed by atoms with E-state index in [1.165, 1.54) is 11.3 Å². The molecule has 1 unspecified atom stereocenters. The van der Waals surface area contributed by atoms with E-state index < -0.39 is 0 Å². The van der Waals surface area contributed by atoms with Crippen molar-refractivity contribution in [2.45, 2.75) is 45.1 Å². The molecule has 1 aliphatic heterocycles. The second kappa shape index (κ2) is 8.26. The highest BCUT2D eigenvalue weighted by atomic mass is 16.2. The van der Waals surface area contributed by atoms with Gasteiger partial charge in [-0.25, -0.2) is 0 Å². The van der Waals surface area contributed by atoms with E-state index in [1.807, 2.05) is 6.07 Å². The van der Waals surface area contributed by atoms with Crippen molar-refractivity contribution in [3.63, 3.8) is 0 Å². The molecule has 1 N–H and O–H groups in total. The van der Waals surface area contributed by atoms with Crippen LogP contribution in [0.3, 0.4) is 0 Å². The molecule has 0 saturated carbocycles. The summed E-state index contributed by atoms with van der Waals surface area (Å²) >= 11 is 0. The Hall–Kier alpha value is -2.60. The summed E-state index contributed by atoms with van der Waals surface area (Å²) in [5, 5.41) is 3.09. The topological polar surface area (TPSA) is 57.6 Å². The minimum absolute atomic E-state index is 0.0309. The van der Waals surface area contributed by atoms with Crippen molar-refractivity contribution in [1.29, 1.82) is 0 Å². The second-order valence-electron chi connectivity index (χ2n) is 8.93. The van der Waals surface area contributed by atoms with Crippen molar-refractivity contribution in [2.75, 3.05) is 37.4 Å². The van der Waals surface area contributed by atoms with Crippen molar-refractivity contribution in [3.05, 3.63) is 57.0 Å². The predicted molar refractivity (Wildman–Crippen MR) is 122 cm³/mol. The number of benzene rings is 1. The van der Waals surface area contributed by atoms with E-state index in [0.717, 1.165) is 62.0 Å². The summed E-state index contributed by atoms with van der Waals surface area (Å²) in [5.41, 5.74) is 5.60. The van der Waals surface area contributed by atoms with E-state index in [4.69, 9.17) is 0 Å². The molecule has 2 aromatic rings. The van der Waals surface area contributed by atoms with Crippen molar-refractivity contribution in [3.8, 4) is 0 Å². The van der Waals surface area contributed by atoms with Gasteiger partial charge in [0.15, 0.2) is 0 Å². The number of pyridine rings is 1. The summed E-state index contributed by atoms with van der Waals surface area (Å²) in [6, 6.07) is 6.67. The van der Waals surface area contributed by atoms with Crippen molar-refractivity contribution in [1.82, 2.24) is 9.47 Å². The predicted octanol–water partition coefficient (Wildman–Crippen LogP) is 2.97. The lowest BCUT2D eigenvalue weighted by Crippen LogP contribution is -2.31. The molecule has 1 aromatic heterocycles. The van der Waals surface area contributed by atoms with Gasteiger partial charge in [0.05, 0.1) is 5.56 Å². The van der Waals surface area contributed by atoms with Gasteiger partial charge < -0.3 is 19.7 Å². The number of carbonyl (C=O) groups excluding carboxylic acids is 1. The zero-order valence-electron chi connectivity index (χ0n) is 18.5. The van der Waals surface area contributed by atoms with Gasteiger partial charge in [-0.2, -0.15) is 0 Å². The van der Waals surface area contributed by atoms with Gasteiger partial charge in [0.1, 0.15) is 0 Å². The van der Waals surface area contributed by atoms with Gasteiger partial charge in [0, 0.05) is 49.3 Å². The zero-order chi connectivity index (χ0) is 21.4. The number of rotatable bonds is 4. The largest absolute Gasteiger partial charge is 0.370 e. The van der Waals surface area contributed by atoms with E-state index in [9.17, 15) is 9.59 Å². The Morgan fingerprint density at radius 2 is 1.90 bits per heavy atom. The number of nitrogens with zero attached hydrogens (tertiary/aromatic N) is 3. The van der Waals surface area contributed by atoms with Crippen LogP contribution in [0.4, 0.5) is 11.4 Å². The average Bonchev–Trinajstić information content (AvgIpc) is 3.22. The highest BCUT2D eigenvalue weighted by Crippen LogP contribution is 2.29. The third-order valence-electron chi connectivity index (χ3n) is 6.64. The number of amides is 1. The number of hydrogen-bond donors (Lipinski definition) is 1. The van der Waals surface area contributed by atoms with E-state index in [2.05, 4.69) is 48.3 Å². The Kier molecular flexibility index (Phi) is 5.69. The molecule has 1 amide bonds. The monoisotopic (exact) mass is 408 g/mol. The van der Waals surface area contributed by atoms with Gasteiger partial charge in [0.25, 0.3) is 11.5 Å². The highest BCUT2D eigenvalue weighted by Gasteiger charge is 2.26. The van der Waals surface area contributed by atoms with Crippen molar-refractivity contribution >= 4 is 17.3 Å². The normalized spacial score (nSPS) is 18.6. The van der Waals surface area contributed by atoms with E-state index in [0.29, 0.717) is 11.6 Å². The van der Waals surface area contributed by atoms with Gasteiger partial charge in [0.2, 0.25) is 0 Å². The summed E-state index contributed by atoms with van der Waals surface area (Å²) in [7, 11) is 5.99. The molecule has 1 aliphatic carbocycles. The number of anilines is 2. The fourth-order valence-electron chi connectivity index (χ4n) is 4.79. The SMILES string of the molecule is Cc1ccc(NC(=O)c2cn(C)c(=O)c3c2CCCC3)cc1N1CCC(N(C)C)C1. The molecule has 0 spiro atoms. The number of hydrogen-bond acceptors (Lipinski definition) is 4. The molecule has 6 nitrogen and oxygen atoms in total. The van der Waals surface area contributed by atoms with Gasteiger partial charge in [-0.15, -0.1) is 0 Å². The fraction of sp³-hybridized carbons (Fsp3) is 0.500. The molecule has 6 heteroatoms. The van der Waals surface area contributed by atoms with Crippen LogP contribution in [0.2, 0.25) is 0 Å². The lowest BCUT2D eigenvalue weighted by molar-refractivity contribution is 0.102.